The zero-order valence-electron chi connectivity index (χ0n) is 13.0. The number of hydrogen-bond acceptors (Lipinski definition) is 4. The number of ether oxygens (including phenoxy) is 1. The number of fused-ring (bicyclic) bond motifs is 1. The lowest BCUT2D eigenvalue weighted by molar-refractivity contribution is -0.128. The van der Waals surface area contributed by atoms with Crippen molar-refractivity contribution in [3.63, 3.8) is 0 Å². The molecule has 0 bridgehead atoms. The quantitative estimate of drug-likeness (QED) is 0.937. The summed E-state index contributed by atoms with van der Waals surface area (Å²) in [6.45, 7) is 4.31. The number of nitrogens with two attached hydrogens (primary N) is 1. The van der Waals surface area contributed by atoms with Crippen LogP contribution in [0.4, 0.5) is 11.6 Å². The second-order valence-electron chi connectivity index (χ2n) is 5.89. The van der Waals surface area contributed by atoms with Crippen LogP contribution in [0.1, 0.15) is 19.4 Å². The number of nitrogens with zero attached hydrogens (tertiary/aromatic N) is 2. The Kier molecular flexibility index (Phi) is 4.13. The highest BCUT2D eigenvalue weighted by Crippen LogP contribution is 2.35. The van der Waals surface area contributed by atoms with Crippen molar-refractivity contribution in [1.82, 2.24) is 4.98 Å². The van der Waals surface area contributed by atoms with Gasteiger partial charge in [0.1, 0.15) is 5.82 Å². The molecule has 2 aromatic rings. The molecule has 23 heavy (non-hydrogen) atoms. The van der Waals surface area contributed by atoms with Gasteiger partial charge in [-0.15, -0.1) is 0 Å². The molecule has 0 spiro atoms. The lowest BCUT2D eigenvalue weighted by atomic mass is 10.0. The van der Waals surface area contributed by atoms with Crippen molar-refractivity contribution in [3.05, 3.63) is 47.0 Å². The van der Waals surface area contributed by atoms with Crippen LogP contribution in [0.15, 0.2) is 36.4 Å². The summed E-state index contributed by atoms with van der Waals surface area (Å²) >= 11 is 5.92. The Bertz CT molecular complexity index is 731. The summed E-state index contributed by atoms with van der Waals surface area (Å²) in [5, 5.41) is 0.657. The lowest BCUT2D eigenvalue weighted by Gasteiger charge is -2.35. The zero-order valence-corrected chi connectivity index (χ0v) is 13.7. The highest BCUT2D eigenvalue weighted by atomic mass is 35.5. The third kappa shape index (κ3) is 3.10. The van der Waals surface area contributed by atoms with Crippen molar-refractivity contribution < 1.29 is 9.53 Å². The molecule has 3 rings (SSSR count). The summed E-state index contributed by atoms with van der Waals surface area (Å²) in [4.78, 5) is 18.7. The predicted octanol–water partition coefficient (Wildman–Crippen LogP) is 3.27. The molecule has 1 amide bonds. The molecule has 1 aromatic carbocycles. The Morgan fingerprint density at radius 1 is 1.26 bits per heavy atom. The monoisotopic (exact) mass is 331 g/mol. The summed E-state index contributed by atoms with van der Waals surface area (Å²) in [7, 11) is 0. The first-order valence-electron chi connectivity index (χ1n) is 7.44. The summed E-state index contributed by atoms with van der Waals surface area (Å²) in [5.74, 6) is 1.33. The van der Waals surface area contributed by atoms with Gasteiger partial charge in [0, 0.05) is 5.02 Å². The van der Waals surface area contributed by atoms with E-state index in [9.17, 15) is 4.79 Å². The van der Waals surface area contributed by atoms with Gasteiger partial charge >= 0.3 is 0 Å². The van der Waals surface area contributed by atoms with Gasteiger partial charge in [0.25, 0.3) is 5.91 Å². The normalized spacial score (nSPS) is 17.1. The van der Waals surface area contributed by atoms with E-state index < -0.39 is 6.10 Å². The number of pyridine rings is 1. The molecule has 0 saturated carbocycles. The number of benzene rings is 1. The van der Waals surface area contributed by atoms with Gasteiger partial charge in [-0.3, -0.25) is 9.69 Å². The average molecular weight is 332 g/mol. The van der Waals surface area contributed by atoms with Gasteiger partial charge in [0.05, 0.1) is 6.54 Å². The Morgan fingerprint density at radius 3 is 2.61 bits per heavy atom. The Hall–Kier alpha value is -2.27. The van der Waals surface area contributed by atoms with E-state index in [0.29, 0.717) is 29.0 Å². The molecule has 1 aliphatic rings. The SMILES string of the molecule is CC(C)C1Oc2ccc(N)nc2N(Cc2ccc(Cl)cc2)C1=O. The average Bonchev–Trinajstić information content (AvgIpc) is 2.51. The lowest BCUT2D eigenvalue weighted by Crippen LogP contribution is -2.48. The van der Waals surface area contributed by atoms with E-state index in [2.05, 4.69) is 4.98 Å². The maximum atomic E-state index is 12.8. The molecule has 1 unspecified atom stereocenters. The molecule has 2 N–H and O–H groups in total. The van der Waals surface area contributed by atoms with Gasteiger partial charge in [-0.05, 0) is 35.7 Å². The number of carbonyl (C=O) groups excluding carboxylic acids is 1. The Labute approximate surface area is 140 Å². The van der Waals surface area contributed by atoms with Gasteiger partial charge in [0.15, 0.2) is 17.7 Å². The molecule has 6 heteroatoms. The van der Waals surface area contributed by atoms with E-state index in [-0.39, 0.29) is 11.8 Å². The summed E-state index contributed by atoms with van der Waals surface area (Å²) in [5.41, 5.74) is 6.74. The number of rotatable bonds is 3. The van der Waals surface area contributed by atoms with Crippen molar-refractivity contribution in [2.75, 3.05) is 10.6 Å². The molecule has 1 aromatic heterocycles. The maximum absolute atomic E-state index is 12.8. The number of amides is 1. The van der Waals surface area contributed by atoms with Crippen molar-refractivity contribution >= 4 is 29.1 Å². The third-order valence-electron chi connectivity index (χ3n) is 3.74. The van der Waals surface area contributed by atoms with E-state index >= 15 is 0 Å². The van der Waals surface area contributed by atoms with Crippen LogP contribution >= 0.6 is 11.6 Å². The van der Waals surface area contributed by atoms with E-state index in [0.717, 1.165) is 5.56 Å². The molecule has 1 aliphatic heterocycles. The molecular weight excluding hydrogens is 314 g/mol. The molecule has 2 heterocycles. The molecule has 0 aliphatic carbocycles. The minimum atomic E-state index is -0.528. The van der Waals surface area contributed by atoms with Crippen LogP contribution in [-0.4, -0.2) is 17.0 Å². The standard InChI is InChI=1S/C17H18ClN3O2/c1-10(2)15-17(22)21(9-11-3-5-12(18)6-4-11)16-13(23-15)7-8-14(19)20-16/h3-8,10,15H,9H2,1-2H3,(H2,19,20). The third-order valence-corrected chi connectivity index (χ3v) is 3.99. The van der Waals surface area contributed by atoms with Gasteiger partial charge in [0.2, 0.25) is 0 Å². The van der Waals surface area contributed by atoms with Crippen molar-refractivity contribution in [1.29, 1.82) is 0 Å². The minimum absolute atomic E-state index is 0.0564. The van der Waals surface area contributed by atoms with Crippen LogP contribution in [0.3, 0.4) is 0 Å². The van der Waals surface area contributed by atoms with E-state index in [1.54, 1.807) is 29.2 Å². The van der Waals surface area contributed by atoms with Crippen LogP contribution < -0.4 is 15.4 Å². The second kappa shape index (κ2) is 6.08. The number of halogens is 1. The molecule has 120 valence electrons. The number of hydrogen-bond donors (Lipinski definition) is 1. The fourth-order valence-corrected chi connectivity index (χ4v) is 2.65. The van der Waals surface area contributed by atoms with Gasteiger partial charge in [-0.2, -0.15) is 0 Å². The van der Waals surface area contributed by atoms with Crippen molar-refractivity contribution in [3.8, 4) is 5.75 Å². The molecule has 0 fully saturated rings. The highest BCUT2D eigenvalue weighted by Gasteiger charge is 2.37. The highest BCUT2D eigenvalue weighted by molar-refractivity contribution is 6.30. The van der Waals surface area contributed by atoms with E-state index in [1.165, 1.54) is 0 Å². The Balaban J connectivity index is 2.00. The molecule has 5 nitrogen and oxygen atoms in total. The summed E-state index contributed by atoms with van der Waals surface area (Å²) in [6, 6.07) is 10.8. The van der Waals surface area contributed by atoms with Crippen LogP contribution in [0.25, 0.3) is 0 Å². The van der Waals surface area contributed by atoms with Gasteiger partial charge < -0.3 is 10.5 Å². The molecule has 0 saturated heterocycles. The fourth-order valence-electron chi connectivity index (χ4n) is 2.53. The van der Waals surface area contributed by atoms with E-state index in [4.69, 9.17) is 22.1 Å². The first-order chi connectivity index (χ1) is 11.0. The van der Waals surface area contributed by atoms with Crippen molar-refractivity contribution in [2.45, 2.75) is 26.5 Å². The van der Waals surface area contributed by atoms with Crippen LogP contribution in [0, 0.1) is 5.92 Å². The number of aromatic nitrogens is 1. The largest absolute Gasteiger partial charge is 0.476 e. The second-order valence-corrected chi connectivity index (χ2v) is 6.33. The van der Waals surface area contributed by atoms with Crippen LogP contribution in [-0.2, 0) is 11.3 Å². The summed E-state index contributed by atoms with van der Waals surface area (Å²) < 4.78 is 5.82. The van der Waals surface area contributed by atoms with Crippen LogP contribution in [0.5, 0.6) is 5.75 Å². The zero-order chi connectivity index (χ0) is 16.6. The van der Waals surface area contributed by atoms with Gasteiger partial charge in [-0.1, -0.05) is 37.6 Å². The molecular formula is C17H18ClN3O2. The van der Waals surface area contributed by atoms with Gasteiger partial charge in [-0.25, -0.2) is 4.98 Å². The molecule has 1 atom stereocenters. The topological polar surface area (TPSA) is 68.5 Å². The first kappa shape index (κ1) is 15.6. The number of anilines is 2. The summed E-state index contributed by atoms with van der Waals surface area (Å²) in [6.07, 6.45) is -0.528. The van der Waals surface area contributed by atoms with E-state index in [1.807, 2.05) is 26.0 Å². The van der Waals surface area contributed by atoms with Crippen molar-refractivity contribution in [2.24, 2.45) is 5.92 Å². The first-order valence-corrected chi connectivity index (χ1v) is 7.82. The fraction of sp³-hybridized carbons (Fsp3) is 0.294. The smallest absolute Gasteiger partial charge is 0.269 e. The minimum Gasteiger partial charge on any atom is -0.476 e. The Morgan fingerprint density at radius 2 is 1.96 bits per heavy atom. The van der Waals surface area contributed by atoms with Crippen LogP contribution in [0.2, 0.25) is 5.02 Å². The number of carbonyl (C=O) groups is 1. The number of nitrogen functional groups attached to an aromatic ring is 1. The molecule has 0 radical (unpaired) electrons. The predicted molar refractivity (Wildman–Crippen MR) is 90.5 cm³/mol. The maximum Gasteiger partial charge on any atom is 0.269 e.